The second-order valence-electron chi connectivity index (χ2n) is 5.11. The average Bonchev–Trinajstić information content (AvgIpc) is 2.31. The molecule has 0 spiro atoms. The van der Waals surface area contributed by atoms with E-state index in [2.05, 4.69) is 15.9 Å². The maximum Gasteiger partial charge on any atom is 0.0700 e. The summed E-state index contributed by atoms with van der Waals surface area (Å²) in [6.07, 6.45) is 1.23. The van der Waals surface area contributed by atoms with E-state index in [9.17, 15) is 5.11 Å². The van der Waals surface area contributed by atoms with E-state index in [1.165, 1.54) is 0 Å². The summed E-state index contributed by atoms with van der Waals surface area (Å²) >= 11 is 9.31. The second kappa shape index (κ2) is 6.08. The largest absolute Gasteiger partial charge is 0.389 e. The van der Waals surface area contributed by atoms with Crippen molar-refractivity contribution in [1.29, 1.82) is 0 Å². The van der Waals surface area contributed by atoms with Gasteiger partial charge in [-0.2, -0.15) is 0 Å². The molecular weight excluding hydrogens is 324 g/mol. The first-order chi connectivity index (χ1) is 8.94. The lowest BCUT2D eigenvalue weighted by Crippen LogP contribution is -2.30. The molecule has 1 N–H and O–H groups in total. The molecule has 0 radical (unpaired) electrons. The predicted octanol–water partition coefficient (Wildman–Crippen LogP) is 4.64. The van der Waals surface area contributed by atoms with E-state index in [1.54, 1.807) is 0 Å². The second-order valence-corrected chi connectivity index (χ2v) is 6.46. The fraction of sp³-hybridized carbons (Fsp3) is 0.250. The van der Waals surface area contributed by atoms with Gasteiger partial charge in [-0.05, 0) is 42.3 Å². The number of rotatable bonds is 4. The molecule has 2 aromatic rings. The van der Waals surface area contributed by atoms with Gasteiger partial charge < -0.3 is 5.11 Å². The number of hydrogen-bond donors (Lipinski definition) is 1. The molecule has 0 saturated heterocycles. The Labute approximate surface area is 127 Å². The standard InChI is InChI=1S/C16H16BrClO/c1-16(19,10-12-5-7-15(18)8-6-12)11-13-3-2-4-14(17)9-13/h2-9,19H,10-11H2,1H3. The van der Waals surface area contributed by atoms with Crippen molar-refractivity contribution in [1.82, 2.24) is 0 Å². The van der Waals surface area contributed by atoms with Crippen molar-refractivity contribution in [3.63, 3.8) is 0 Å². The van der Waals surface area contributed by atoms with Crippen molar-refractivity contribution in [3.8, 4) is 0 Å². The van der Waals surface area contributed by atoms with E-state index in [-0.39, 0.29) is 0 Å². The molecular formula is C16H16BrClO. The van der Waals surface area contributed by atoms with E-state index in [1.807, 2.05) is 55.5 Å². The lowest BCUT2D eigenvalue weighted by Gasteiger charge is -2.23. The SMILES string of the molecule is CC(O)(Cc1ccc(Cl)cc1)Cc1cccc(Br)c1. The molecule has 2 aromatic carbocycles. The quantitative estimate of drug-likeness (QED) is 0.860. The summed E-state index contributed by atoms with van der Waals surface area (Å²) in [5.41, 5.74) is 1.44. The van der Waals surface area contributed by atoms with Crippen LogP contribution in [0, 0.1) is 0 Å². The fourth-order valence-electron chi connectivity index (χ4n) is 2.19. The highest BCUT2D eigenvalue weighted by molar-refractivity contribution is 9.10. The summed E-state index contributed by atoms with van der Waals surface area (Å²) in [7, 11) is 0. The molecule has 1 unspecified atom stereocenters. The van der Waals surface area contributed by atoms with Gasteiger partial charge in [0.2, 0.25) is 0 Å². The van der Waals surface area contributed by atoms with Gasteiger partial charge in [0.1, 0.15) is 0 Å². The Morgan fingerprint density at radius 3 is 2.32 bits per heavy atom. The molecule has 0 fully saturated rings. The number of hydrogen-bond acceptors (Lipinski definition) is 1. The Balaban J connectivity index is 2.07. The van der Waals surface area contributed by atoms with Crippen LogP contribution in [0.2, 0.25) is 5.02 Å². The number of halogens is 2. The summed E-state index contributed by atoms with van der Waals surface area (Å²) < 4.78 is 1.03. The molecule has 3 heteroatoms. The average molecular weight is 340 g/mol. The van der Waals surface area contributed by atoms with Gasteiger partial charge in [-0.15, -0.1) is 0 Å². The van der Waals surface area contributed by atoms with Crippen LogP contribution in [0.15, 0.2) is 53.0 Å². The van der Waals surface area contributed by atoms with Crippen LogP contribution < -0.4 is 0 Å². The smallest absolute Gasteiger partial charge is 0.0700 e. The maximum absolute atomic E-state index is 10.5. The minimum Gasteiger partial charge on any atom is -0.389 e. The van der Waals surface area contributed by atoms with Crippen LogP contribution in [0.1, 0.15) is 18.1 Å². The predicted molar refractivity (Wildman–Crippen MR) is 83.6 cm³/mol. The molecule has 0 amide bonds. The molecule has 0 bridgehead atoms. The summed E-state index contributed by atoms with van der Waals surface area (Å²) in [6, 6.07) is 15.7. The Morgan fingerprint density at radius 2 is 1.68 bits per heavy atom. The van der Waals surface area contributed by atoms with Crippen molar-refractivity contribution >= 4 is 27.5 Å². The fourth-order valence-corrected chi connectivity index (χ4v) is 2.76. The summed E-state index contributed by atoms with van der Waals surface area (Å²) in [4.78, 5) is 0. The van der Waals surface area contributed by atoms with Crippen molar-refractivity contribution < 1.29 is 5.11 Å². The lowest BCUT2D eigenvalue weighted by atomic mass is 9.90. The van der Waals surface area contributed by atoms with Crippen LogP contribution in [-0.4, -0.2) is 10.7 Å². The molecule has 19 heavy (non-hydrogen) atoms. The third kappa shape index (κ3) is 4.64. The van der Waals surface area contributed by atoms with Crippen LogP contribution in [0.4, 0.5) is 0 Å². The van der Waals surface area contributed by atoms with E-state index in [0.29, 0.717) is 12.8 Å². The van der Waals surface area contributed by atoms with Gasteiger partial charge in [-0.3, -0.25) is 0 Å². The van der Waals surface area contributed by atoms with Crippen molar-refractivity contribution in [2.45, 2.75) is 25.4 Å². The third-order valence-electron chi connectivity index (χ3n) is 2.97. The van der Waals surface area contributed by atoms with Gasteiger partial charge in [-0.1, -0.05) is 51.8 Å². The Morgan fingerprint density at radius 1 is 1.05 bits per heavy atom. The highest BCUT2D eigenvalue weighted by Crippen LogP contribution is 2.21. The van der Waals surface area contributed by atoms with Crippen LogP contribution in [-0.2, 0) is 12.8 Å². The molecule has 1 nitrogen and oxygen atoms in total. The molecule has 0 aliphatic carbocycles. The first-order valence-electron chi connectivity index (χ1n) is 6.16. The summed E-state index contributed by atoms with van der Waals surface area (Å²) in [6.45, 7) is 1.86. The van der Waals surface area contributed by atoms with Crippen molar-refractivity contribution in [2.75, 3.05) is 0 Å². The Bertz CT molecular complexity index is 549. The van der Waals surface area contributed by atoms with Crippen LogP contribution in [0.3, 0.4) is 0 Å². The molecule has 0 aliphatic heterocycles. The molecule has 100 valence electrons. The monoisotopic (exact) mass is 338 g/mol. The highest BCUT2D eigenvalue weighted by atomic mass is 79.9. The first kappa shape index (κ1) is 14.6. The zero-order chi connectivity index (χ0) is 13.9. The van der Waals surface area contributed by atoms with E-state index in [0.717, 1.165) is 20.6 Å². The lowest BCUT2D eigenvalue weighted by molar-refractivity contribution is 0.0608. The van der Waals surface area contributed by atoms with Crippen LogP contribution >= 0.6 is 27.5 Å². The summed E-state index contributed by atoms with van der Waals surface area (Å²) in [5, 5.41) is 11.3. The van der Waals surface area contributed by atoms with E-state index >= 15 is 0 Å². The Hall–Kier alpha value is -0.830. The number of aliphatic hydroxyl groups is 1. The van der Waals surface area contributed by atoms with Gasteiger partial charge in [0.15, 0.2) is 0 Å². The molecule has 2 rings (SSSR count). The minimum atomic E-state index is -0.769. The normalized spacial score (nSPS) is 14.1. The van der Waals surface area contributed by atoms with E-state index < -0.39 is 5.60 Å². The Kier molecular flexibility index (Phi) is 4.67. The minimum absolute atomic E-state index is 0.608. The van der Waals surface area contributed by atoms with Crippen LogP contribution in [0.25, 0.3) is 0 Å². The van der Waals surface area contributed by atoms with Crippen LogP contribution in [0.5, 0.6) is 0 Å². The zero-order valence-electron chi connectivity index (χ0n) is 10.7. The first-order valence-corrected chi connectivity index (χ1v) is 7.33. The van der Waals surface area contributed by atoms with Gasteiger partial charge in [-0.25, -0.2) is 0 Å². The molecule has 0 aliphatic rings. The zero-order valence-corrected chi connectivity index (χ0v) is 13.1. The van der Waals surface area contributed by atoms with Gasteiger partial charge in [0, 0.05) is 22.3 Å². The maximum atomic E-state index is 10.5. The molecule has 0 aromatic heterocycles. The van der Waals surface area contributed by atoms with Crippen molar-refractivity contribution in [2.24, 2.45) is 0 Å². The third-order valence-corrected chi connectivity index (χ3v) is 3.72. The van der Waals surface area contributed by atoms with Gasteiger partial charge >= 0.3 is 0 Å². The molecule has 0 saturated carbocycles. The van der Waals surface area contributed by atoms with Gasteiger partial charge in [0.25, 0.3) is 0 Å². The highest BCUT2D eigenvalue weighted by Gasteiger charge is 2.21. The topological polar surface area (TPSA) is 20.2 Å². The molecule has 0 heterocycles. The summed E-state index contributed by atoms with van der Waals surface area (Å²) in [5.74, 6) is 0. The van der Waals surface area contributed by atoms with E-state index in [4.69, 9.17) is 11.6 Å². The molecule has 1 atom stereocenters. The van der Waals surface area contributed by atoms with Gasteiger partial charge in [0.05, 0.1) is 5.60 Å². The number of benzene rings is 2. The van der Waals surface area contributed by atoms with Crippen molar-refractivity contribution in [3.05, 3.63) is 69.2 Å².